The van der Waals surface area contributed by atoms with Crippen LogP contribution in [0.4, 0.5) is 0 Å². The van der Waals surface area contributed by atoms with Crippen LogP contribution in [0.15, 0.2) is 30.8 Å². The first kappa shape index (κ1) is 13.0. The molecular formula is C8H6BrClN2O3S2. The Kier molecular flexibility index (Phi) is 3.88. The summed E-state index contributed by atoms with van der Waals surface area (Å²) in [5.74, 6) is 0.440. The quantitative estimate of drug-likeness (QED) is 0.913. The summed E-state index contributed by atoms with van der Waals surface area (Å²) in [4.78, 5) is 0. The van der Waals surface area contributed by atoms with Gasteiger partial charge in [0.05, 0.1) is 21.6 Å². The maximum absolute atomic E-state index is 11.9. The number of nitrogens with one attached hydrogen (secondary N) is 1. The first-order chi connectivity index (χ1) is 7.99. The molecule has 2 heterocycles. The van der Waals surface area contributed by atoms with Gasteiger partial charge in [0.2, 0.25) is 0 Å². The molecule has 0 atom stereocenters. The maximum atomic E-state index is 11.9. The molecule has 1 N–H and O–H groups in total. The molecule has 0 aromatic carbocycles. The second kappa shape index (κ2) is 5.07. The normalized spacial score (nSPS) is 11.9. The van der Waals surface area contributed by atoms with Crippen molar-refractivity contribution in [1.29, 1.82) is 0 Å². The Balaban J connectivity index is 2.14. The smallest absolute Gasteiger partial charge is 0.250 e. The lowest BCUT2D eigenvalue weighted by Crippen LogP contribution is -2.22. The minimum atomic E-state index is -3.57. The van der Waals surface area contributed by atoms with Crippen LogP contribution in [0.2, 0.25) is 5.02 Å². The van der Waals surface area contributed by atoms with Gasteiger partial charge in [0.15, 0.2) is 5.76 Å². The summed E-state index contributed by atoms with van der Waals surface area (Å²) in [6.45, 7) is 0.0511. The lowest BCUT2D eigenvalue weighted by Gasteiger charge is -2.01. The second-order valence-corrected chi connectivity index (χ2v) is 7.76. The van der Waals surface area contributed by atoms with E-state index in [0.29, 0.717) is 14.6 Å². The first-order valence-electron chi connectivity index (χ1n) is 4.33. The molecule has 0 amide bonds. The third-order valence-electron chi connectivity index (χ3n) is 1.82. The first-order valence-corrected chi connectivity index (χ1v) is 7.80. The highest BCUT2D eigenvalue weighted by atomic mass is 79.9. The minimum absolute atomic E-state index is 0.0511. The maximum Gasteiger partial charge on any atom is 0.250 e. The highest BCUT2D eigenvalue weighted by molar-refractivity contribution is 9.11. The van der Waals surface area contributed by atoms with Gasteiger partial charge in [-0.2, -0.15) is 0 Å². The molecule has 0 saturated heterocycles. The van der Waals surface area contributed by atoms with Crippen LogP contribution in [-0.4, -0.2) is 13.6 Å². The van der Waals surface area contributed by atoms with E-state index in [1.54, 1.807) is 6.07 Å². The van der Waals surface area contributed by atoms with Crippen molar-refractivity contribution < 1.29 is 12.9 Å². The molecule has 0 radical (unpaired) electrons. The molecule has 5 nitrogen and oxygen atoms in total. The third kappa shape index (κ3) is 3.08. The van der Waals surface area contributed by atoms with Crippen LogP contribution in [0.5, 0.6) is 0 Å². The molecular weight excluding hydrogens is 352 g/mol. The zero-order valence-electron chi connectivity index (χ0n) is 8.18. The van der Waals surface area contributed by atoms with Crippen LogP contribution in [0, 0.1) is 0 Å². The van der Waals surface area contributed by atoms with E-state index >= 15 is 0 Å². The summed E-state index contributed by atoms with van der Waals surface area (Å²) in [5.41, 5.74) is 0. The van der Waals surface area contributed by atoms with E-state index in [0.717, 1.165) is 11.3 Å². The Hall–Kier alpha value is -0.410. The molecule has 0 aliphatic carbocycles. The highest BCUT2D eigenvalue weighted by Gasteiger charge is 2.19. The van der Waals surface area contributed by atoms with E-state index in [4.69, 9.17) is 16.1 Å². The van der Waals surface area contributed by atoms with E-state index in [9.17, 15) is 8.42 Å². The largest absolute Gasteiger partial charge is 0.360 e. The van der Waals surface area contributed by atoms with Crippen molar-refractivity contribution in [3.8, 4) is 0 Å². The molecule has 9 heteroatoms. The topological polar surface area (TPSA) is 72.2 Å². The van der Waals surface area contributed by atoms with E-state index < -0.39 is 10.0 Å². The van der Waals surface area contributed by atoms with E-state index in [1.807, 2.05) is 0 Å². The average molecular weight is 358 g/mol. The summed E-state index contributed by atoms with van der Waals surface area (Å²) in [6, 6.07) is 2.97. The fraction of sp³-hybridized carbons (Fsp3) is 0.125. The Morgan fingerprint density at radius 1 is 1.59 bits per heavy atom. The van der Waals surface area contributed by atoms with Gasteiger partial charge in [-0.05, 0) is 22.0 Å². The van der Waals surface area contributed by atoms with Crippen LogP contribution in [-0.2, 0) is 16.6 Å². The van der Waals surface area contributed by atoms with Crippen molar-refractivity contribution in [3.05, 3.63) is 32.9 Å². The summed E-state index contributed by atoms with van der Waals surface area (Å²) in [7, 11) is -3.57. The zero-order valence-corrected chi connectivity index (χ0v) is 12.2. The van der Waals surface area contributed by atoms with Crippen molar-refractivity contribution in [1.82, 2.24) is 9.88 Å². The number of halogens is 2. The van der Waals surface area contributed by atoms with Gasteiger partial charge in [0.25, 0.3) is 10.0 Å². The molecule has 2 aromatic rings. The Morgan fingerprint density at radius 2 is 2.35 bits per heavy atom. The molecule has 2 aromatic heterocycles. The van der Waals surface area contributed by atoms with Gasteiger partial charge >= 0.3 is 0 Å². The Bertz CT molecular complexity index is 589. The van der Waals surface area contributed by atoms with Crippen molar-refractivity contribution in [2.75, 3.05) is 0 Å². The lowest BCUT2D eigenvalue weighted by atomic mass is 10.5. The summed E-state index contributed by atoms with van der Waals surface area (Å²) in [5, 5.41) is 3.85. The molecule has 0 fully saturated rings. The van der Waals surface area contributed by atoms with Gasteiger partial charge < -0.3 is 4.52 Å². The average Bonchev–Trinajstić information content (AvgIpc) is 2.87. The van der Waals surface area contributed by atoms with Crippen LogP contribution in [0.25, 0.3) is 0 Å². The van der Waals surface area contributed by atoms with Gasteiger partial charge in [-0.1, -0.05) is 16.8 Å². The standard InChI is InChI=1S/C8H6BrClN2O3S2/c9-8-6(10)3-7(16-8)17(13,14)12-4-5-1-2-11-15-5/h1-3,12H,4H2. The second-order valence-electron chi connectivity index (χ2n) is 2.99. The molecule has 92 valence electrons. The number of thiophene rings is 1. The monoisotopic (exact) mass is 356 g/mol. The van der Waals surface area contributed by atoms with Gasteiger partial charge in [-0.3, -0.25) is 0 Å². The Labute approximate surface area is 115 Å². The van der Waals surface area contributed by atoms with Gasteiger partial charge in [-0.15, -0.1) is 11.3 Å². The predicted octanol–water partition coefficient (Wildman–Crippen LogP) is 2.63. The summed E-state index contributed by atoms with van der Waals surface area (Å²) >= 11 is 9.99. The number of hydrogen-bond donors (Lipinski definition) is 1. The van der Waals surface area contributed by atoms with Crippen LogP contribution in [0.1, 0.15) is 5.76 Å². The fourth-order valence-corrected chi connectivity index (χ4v) is 4.47. The molecule has 0 aliphatic rings. The van der Waals surface area contributed by atoms with Crippen LogP contribution < -0.4 is 4.72 Å². The number of sulfonamides is 1. The van der Waals surface area contributed by atoms with E-state index in [-0.39, 0.29) is 10.8 Å². The summed E-state index contributed by atoms with van der Waals surface area (Å²) in [6.07, 6.45) is 1.45. The molecule has 0 saturated carbocycles. The third-order valence-corrected chi connectivity index (χ3v) is 6.16. The highest BCUT2D eigenvalue weighted by Crippen LogP contribution is 2.34. The van der Waals surface area contributed by atoms with Crippen LogP contribution >= 0.6 is 38.9 Å². The van der Waals surface area contributed by atoms with Gasteiger partial charge in [0, 0.05) is 6.07 Å². The molecule has 17 heavy (non-hydrogen) atoms. The molecule has 0 aliphatic heterocycles. The van der Waals surface area contributed by atoms with Gasteiger partial charge in [0.1, 0.15) is 4.21 Å². The number of hydrogen-bond acceptors (Lipinski definition) is 5. The molecule has 0 bridgehead atoms. The molecule has 2 rings (SSSR count). The predicted molar refractivity (Wildman–Crippen MR) is 67.6 cm³/mol. The fourth-order valence-electron chi connectivity index (χ4n) is 1.03. The lowest BCUT2D eigenvalue weighted by molar-refractivity contribution is 0.380. The summed E-state index contributed by atoms with van der Waals surface area (Å²) < 4.78 is 31.6. The van der Waals surface area contributed by atoms with Crippen LogP contribution in [0.3, 0.4) is 0 Å². The number of nitrogens with zero attached hydrogens (tertiary/aromatic N) is 1. The van der Waals surface area contributed by atoms with E-state index in [2.05, 4.69) is 25.8 Å². The van der Waals surface area contributed by atoms with Crippen molar-refractivity contribution in [3.63, 3.8) is 0 Å². The molecule has 0 unspecified atom stereocenters. The van der Waals surface area contributed by atoms with Crippen molar-refractivity contribution in [2.24, 2.45) is 0 Å². The number of rotatable bonds is 4. The van der Waals surface area contributed by atoms with Crippen molar-refractivity contribution >= 4 is 48.9 Å². The molecule has 0 spiro atoms. The van der Waals surface area contributed by atoms with Crippen molar-refractivity contribution in [2.45, 2.75) is 10.8 Å². The van der Waals surface area contributed by atoms with Gasteiger partial charge in [-0.25, -0.2) is 13.1 Å². The Morgan fingerprint density at radius 3 is 2.88 bits per heavy atom. The van der Waals surface area contributed by atoms with E-state index in [1.165, 1.54) is 12.3 Å². The minimum Gasteiger partial charge on any atom is -0.360 e. The number of aromatic nitrogens is 1. The zero-order chi connectivity index (χ0) is 12.5. The SMILES string of the molecule is O=S(=O)(NCc1ccno1)c1cc(Cl)c(Br)s1.